The van der Waals surface area contributed by atoms with E-state index in [9.17, 15) is 19.5 Å². The molecule has 2 aromatic heterocycles. The van der Waals surface area contributed by atoms with Crippen LogP contribution in [0.5, 0.6) is 11.5 Å². The van der Waals surface area contributed by atoms with E-state index in [1.807, 2.05) is 6.92 Å². The number of aromatic nitrogens is 2. The van der Waals surface area contributed by atoms with Crippen LogP contribution in [-0.4, -0.2) is 53.1 Å². The van der Waals surface area contributed by atoms with Crippen LogP contribution >= 0.6 is 11.3 Å². The first-order valence-electron chi connectivity index (χ1n) is 12.5. The number of carbonyl (C=O) groups is 3. The maximum atomic E-state index is 13.5. The van der Waals surface area contributed by atoms with Crippen LogP contribution in [0.15, 0.2) is 48.3 Å². The standard InChI is InChI=1S/C28H29N3O7S/c1-5-7-14-38-19-9-8-18(15-20(19)37-6-2)22-21(23(32)17-10-12-29-13-11-17)24(33)26(34)31(22)28-30-16(3)25(39-28)27(35)36-4/h8-13,15,22,32H,5-7,14H2,1-4H3. The molecule has 39 heavy (non-hydrogen) atoms. The lowest BCUT2D eigenvalue weighted by Gasteiger charge is -2.24. The highest BCUT2D eigenvalue weighted by Crippen LogP contribution is 2.45. The molecule has 1 unspecified atom stereocenters. The van der Waals surface area contributed by atoms with Crippen molar-refractivity contribution in [1.82, 2.24) is 9.97 Å². The monoisotopic (exact) mass is 551 g/mol. The smallest absolute Gasteiger partial charge is 0.350 e. The predicted molar refractivity (Wildman–Crippen MR) is 145 cm³/mol. The fraction of sp³-hybridized carbons (Fsp3) is 0.321. The summed E-state index contributed by atoms with van der Waals surface area (Å²) in [5.74, 6) is -1.77. The number of aliphatic hydroxyl groups excluding tert-OH is 1. The number of amides is 1. The summed E-state index contributed by atoms with van der Waals surface area (Å²) >= 11 is 0.931. The van der Waals surface area contributed by atoms with E-state index >= 15 is 0 Å². The number of pyridine rings is 1. The zero-order chi connectivity index (χ0) is 28.1. The van der Waals surface area contributed by atoms with Gasteiger partial charge in [-0.3, -0.25) is 19.5 Å². The third kappa shape index (κ3) is 5.49. The van der Waals surface area contributed by atoms with Crippen molar-refractivity contribution in [3.8, 4) is 11.5 Å². The highest BCUT2D eigenvalue weighted by atomic mass is 32.1. The van der Waals surface area contributed by atoms with Crippen molar-refractivity contribution in [3.63, 3.8) is 0 Å². The number of carbonyl (C=O) groups excluding carboxylic acids is 3. The van der Waals surface area contributed by atoms with Crippen molar-refractivity contribution in [3.05, 3.63) is 70.0 Å². The second kappa shape index (κ2) is 12.1. The Labute approximate surface area is 229 Å². The number of rotatable bonds is 10. The highest BCUT2D eigenvalue weighted by molar-refractivity contribution is 7.17. The Morgan fingerprint density at radius 2 is 1.85 bits per heavy atom. The minimum atomic E-state index is -1.06. The Kier molecular flexibility index (Phi) is 8.60. The number of methoxy groups -OCH3 is 1. The number of aryl methyl sites for hydroxylation is 1. The number of anilines is 1. The summed E-state index contributed by atoms with van der Waals surface area (Å²) in [7, 11) is 1.25. The molecule has 1 aliphatic rings. The van der Waals surface area contributed by atoms with Crippen molar-refractivity contribution in [2.75, 3.05) is 25.2 Å². The average molecular weight is 552 g/mol. The first-order valence-corrected chi connectivity index (χ1v) is 13.3. The third-order valence-corrected chi connectivity index (χ3v) is 7.24. The lowest BCUT2D eigenvalue weighted by atomic mass is 9.95. The van der Waals surface area contributed by atoms with Crippen LogP contribution in [-0.2, 0) is 14.3 Å². The zero-order valence-corrected chi connectivity index (χ0v) is 22.9. The van der Waals surface area contributed by atoms with E-state index < -0.39 is 23.7 Å². The molecule has 1 fully saturated rings. The highest BCUT2D eigenvalue weighted by Gasteiger charge is 2.48. The summed E-state index contributed by atoms with van der Waals surface area (Å²) in [6.07, 6.45) is 4.78. The number of nitrogens with zero attached hydrogens (tertiary/aromatic N) is 3. The topological polar surface area (TPSA) is 128 Å². The maximum absolute atomic E-state index is 13.5. The molecular formula is C28H29N3O7S. The number of Topliss-reactive ketones (excluding diaryl/α,β-unsaturated/α-hetero) is 1. The molecule has 1 saturated heterocycles. The van der Waals surface area contributed by atoms with Gasteiger partial charge in [0, 0.05) is 18.0 Å². The maximum Gasteiger partial charge on any atom is 0.350 e. The Morgan fingerprint density at radius 3 is 2.51 bits per heavy atom. The van der Waals surface area contributed by atoms with Crippen molar-refractivity contribution in [2.24, 2.45) is 0 Å². The van der Waals surface area contributed by atoms with Crippen LogP contribution in [0.1, 0.15) is 59.2 Å². The fourth-order valence-electron chi connectivity index (χ4n) is 4.19. The number of hydrogen-bond donors (Lipinski definition) is 1. The van der Waals surface area contributed by atoms with Gasteiger partial charge >= 0.3 is 11.9 Å². The number of aliphatic hydroxyl groups is 1. The Morgan fingerprint density at radius 1 is 1.10 bits per heavy atom. The molecule has 4 rings (SSSR count). The lowest BCUT2D eigenvalue weighted by molar-refractivity contribution is -0.132. The van der Waals surface area contributed by atoms with Crippen LogP contribution in [0.4, 0.5) is 5.13 Å². The van der Waals surface area contributed by atoms with Crippen LogP contribution in [0, 0.1) is 6.92 Å². The van der Waals surface area contributed by atoms with Gasteiger partial charge < -0.3 is 19.3 Å². The summed E-state index contributed by atoms with van der Waals surface area (Å²) in [4.78, 5) is 48.9. The molecule has 204 valence electrons. The van der Waals surface area contributed by atoms with Gasteiger partial charge in [-0.1, -0.05) is 30.7 Å². The largest absolute Gasteiger partial charge is 0.507 e. The zero-order valence-electron chi connectivity index (χ0n) is 22.1. The predicted octanol–water partition coefficient (Wildman–Crippen LogP) is 4.84. The second-order valence-corrected chi connectivity index (χ2v) is 9.63. The van der Waals surface area contributed by atoms with Crippen molar-refractivity contribution >= 4 is 39.9 Å². The normalized spacial score (nSPS) is 16.4. The first-order chi connectivity index (χ1) is 18.8. The summed E-state index contributed by atoms with van der Waals surface area (Å²) in [6.45, 7) is 6.38. The number of hydrogen-bond acceptors (Lipinski definition) is 10. The Hall–Kier alpha value is -4.25. The number of esters is 1. The molecule has 0 spiro atoms. The van der Waals surface area contributed by atoms with Crippen LogP contribution in [0.25, 0.3) is 5.76 Å². The van der Waals surface area contributed by atoms with E-state index in [1.54, 1.807) is 37.3 Å². The molecule has 3 heterocycles. The third-order valence-electron chi connectivity index (χ3n) is 6.10. The fourth-order valence-corrected chi connectivity index (χ4v) is 5.20. The molecule has 0 bridgehead atoms. The number of benzene rings is 1. The van der Waals surface area contributed by atoms with Gasteiger partial charge in [-0.2, -0.15) is 0 Å². The Bertz CT molecular complexity index is 1420. The number of thiazole rings is 1. The van der Waals surface area contributed by atoms with Gasteiger partial charge in [-0.15, -0.1) is 0 Å². The van der Waals surface area contributed by atoms with Gasteiger partial charge in [0.25, 0.3) is 5.78 Å². The van der Waals surface area contributed by atoms with Gasteiger partial charge in [0.05, 0.1) is 37.6 Å². The van der Waals surface area contributed by atoms with Crippen molar-refractivity contribution < 1.29 is 33.7 Å². The number of unbranched alkanes of at least 4 members (excludes halogenated alkanes) is 1. The molecule has 0 aliphatic carbocycles. The second-order valence-electron chi connectivity index (χ2n) is 8.65. The average Bonchev–Trinajstić information content (AvgIpc) is 3.45. The summed E-state index contributed by atoms with van der Waals surface area (Å²) in [6, 6.07) is 7.15. The van der Waals surface area contributed by atoms with E-state index in [-0.39, 0.29) is 21.3 Å². The van der Waals surface area contributed by atoms with E-state index in [0.29, 0.717) is 41.5 Å². The first kappa shape index (κ1) is 27.8. The molecule has 1 N–H and O–H groups in total. The number of ether oxygens (including phenoxy) is 3. The molecule has 11 heteroatoms. The minimum absolute atomic E-state index is 0.120. The van der Waals surface area contributed by atoms with Crippen molar-refractivity contribution in [2.45, 2.75) is 39.7 Å². The molecule has 3 aromatic rings. The summed E-state index contributed by atoms with van der Waals surface area (Å²) in [5, 5.41) is 11.4. The number of ketones is 1. The molecule has 1 aliphatic heterocycles. The van der Waals surface area contributed by atoms with Gasteiger partial charge in [0.15, 0.2) is 16.6 Å². The van der Waals surface area contributed by atoms with Crippen molar-refractivity contribution in [1.29, 1.82) is 0 Å². The van der Waals surface area contributed by atoms with Gasteiger partial charge in [0.1, 0.15) is 10.6 Å². The van der Waals surface area contributed by atoms with Crippen LogP contribution < -0.4 is 14.4 Å². The SMILES string of the molecule is CCCCOc1ccc(C2C(=C(O)c3ccncc3)C(=O)C(=O)N2c2nc(C)c(C(=O)OC)s2)cc1OCC. The summed E-state index contributed by atoms with van der Waals surface area (Å²) in [5.41, 5.74) is 1.04. The van der Waals surface area contributed by atoms with E-state index in [2.05, 4.69) is 16.9 Å². The van der Waals surface area contributed by atoms with Crippen LogP contribution in [0.2, 0.25) is 0 Å². The summed E-state index contributed by atoms with van der Waals surface area (Å²) < 4.78 is 16.6. The molecule has 1 amide bonds. The molecular weight excluding hydrogens is 522 g/mol. The van der Waals surface area contributed by atoms with Gasteiger partial charge in [0.2, 0.25) is 0 Å². The molecule has 0 radical (unpaired) electrons. The quantitative estimate of drug-likeness (QED) is 0.124. The molecule has 1 aromatic carbocycles. The van der Waals surface area contributed by atoms with Crippen LogP contribution in [0.3, 0.4) is 0 Å². The minimum Gasteiger partial charge on any atom is -0.507 e. The van der Waals surface area contributed by atoms with E-state index in [0.717, 1.165) is 24.2 Å². The van der Waals surface area contributed by atoms with Gasteiger partial charge in [-0.25, -0.2) is 9.78 Å². The lowest BCUT2D eigenvalue weighted by Crippen LogP contribution is -2.29. The molecule has 0 saturated carbocycles. The molecule has 10 nitrogen and oxygen atoms in total. The van der Waals surface area contributed by atoms with E-state index in [4.69, 9.17) is 14.2 Å². The van der Waals surface area contributed by atoms with Gasteiger partial charge in [-0.05, 0) is 50.1 Å². The van der Waals surface area contributed by atoms with E-state index in [1.165, 1.54) is 24.4 Å². The molecule has 1 atom stereocenters. The Balaban J connectivity index is 1.91.